The summed E-state index contributed by atoms with van der Waals surface area (Å²) in [6.45, 7) is 0.629. The van der Waals surface area contributed by atoms with Gasteiger partial charge in [-0.15, -0.1) is 12.4 Å². The molecule has 1 aliphatic heterocycles. The SMILES string of the molecule is Cl.O=CC1NCC2(c3cc(F)cc(F)c3)CC12. The first-order valence-electron chi connectivity index (χ1n) is 5.31. The molecule has 0 amide bonds. The molecule has 17 heavy (non-hydrogen) atoms. The lowest BCUT2D eigenvalue weighted by molar-refractivity contribution is -0.109. The van der Waals surface area contributed by atoms with Crippen LogP contribution in [0.25, 0.3) is 0 Å². The van der Waals surface area contributed by atoms with Gasteiger partial charge in [0.25, 0.3) is 0 Å². The van der Waals surface area contributed by atoms with Crippen LogP contribution in [0.2, 0.25) is 0 Å². The molecule has 0 bridgehead atoms. The largest absolute Gasteiger partial charge is 0.307 e. The van der Waals surface area contributed by atoms with Gasteiger partial charge in [-0.1, -0.05) is 0 Å². The third-order valence-electron chi connectivity index (χ3n) is 3.80. The zero-order chi connectivity index (χ0) is 11.3. The number of hydrogen-bond acceptors (Lipinski definition) is 2. The Morgan fingerprint density at radius 1 is 1.29 bits per heavy atom. The zero-order valence-electron chi connectivity index (χ0n) is 8.95. The lowest BCUT2D eigenvalue weighted by atomic mass is 9.94. The van der Waals surface area contributed by atoms with Gasteiger partial charge in [-0.2, -0.15) is 0 Å². The minimum absolute atomic E-state index is 0. The quantitative estimate of drug-likeness (QED) is 0.821. The number of piperidine rings is 1. The van der Waals surface area contributed by atoms with Gasteiger partial charge < -0.3 is 10.1 Å². The second-order valence-electron chi connectivity index (χ2n) is 4.67. The number of benzene rings is 1. The van der Waals surface area contributed by atoms with Crippen LogP contribution < -0.4 is 5.32 Å². The van der Waals surface area contributed by atoms with Crippen molar-refractivity contribution in [2.75, 3.05) is 6.54 Å². The summed E-state index contributed by atoms with van der Waals surface area (Å²) in [5, 5.41) is 3.07. The molecule has 0 spiro atoms. The minimum atomic E-state index is -0.551. The van der Waals surface area contributed by atoms with Gasteiger partial charge in [-0.05, 0) is 30.0 Å². The Morgan fingerprint density at radius 2 is 1.94 bits per heavy atom. The average molecular weight is 260 g/mol. The van der Waals surface area contributed by atoms with Crippen LogP contribution in [0.15, 0.2) is 18.2 Å². The fraction of sp³-hybridized carbons (Fsp3) is 0.417. The molecule has 1 saturated heterocycles. The van der Waals surface area contributed by atoms with Crippen molar-refractivity contribution in [3.8, 4) is 0 Å². The summed E-state index contributed by atoms with van der Waals surface area (Å²) >= 11 is 0. The molecule has 92 valence electrons. The van der Waals surface area contributed by atoms with Gasteiger partial charge in [0.05, 0.1) is 6.04 Å². The Kier molecular flexibility index (Phi) is 2.96. The number of rotatable bonds is 2. The van der Waals surface area contributed by atoms with E-state index >= 15 is 0 Å². The van der Waals surface area contributed by atoms with E-state index < -0.39 is 11.6 Å². The van der Waals surface area contributed by atoms with Crippen molar-refractivity contribution in [2.45, 2.75) is 17.9 Å². The predicted molar refractivity (Wildman–Crippen MR) is 61.2 cm³/mol. The summed E-state index contributed by atoms with van der Waals surface area (Å²) in [5.74, 6) is -0.902. The van der Waals surface area contributed by atoms with E-state index in [-0.39, 0.29) is 29.8 Å². The molecule has 2 fully saturated rings. The highest BCUT2D eigenvalue weighted by Gasteiger charge is 2.62. The molecule has 2 nitrogen and oxygen atoms in total. The van der Waals surface area contributed by atoms with E-state index in [4.69, 9.17) is 0 Å². The molecular formula is C12H12ClF2NO. The predicted octanol–water partition coefficient (Wildman–Crippen LogP) is 1.81. The molecule has 1 aromatic rings. The Bertz CT molecular complexity index is 448. The van der Waals surface area contributed by atoms with Crippen LogP contribution in [-0.4, -0.2) is 18.9 Å². The highest BCUT2D eigenvalue weighted by Crippen LogP contribution is 2.58. The first kappa shape index (κ1) is 12.5. The van der Waals surface area contributed by atoms with E-state index in [1.54, 1.807) is 0 Å². The number of fused-ring (bicyclic) bond motifs is 1. The summed E-state index contributed by atoms with van der Waals surface area (Å²) in [6.07, 6.45) is 1.72. The summed E-state index contributed by atoms with van der Waals surface area (Å²) < 4.78 is 26.2. The van der Waals surface area contributed by atoms with E-state index in [0.717, 1.165) is 18.8 Å². The lowest BCUT2D eigenvalue weighted by Gasteiger charge is -2.12. The fourth-order valence-electron chi connectivity index (χ4n) is 2.87. The molecule has 1 N–H and O–H groups in total. The third kappa shape index (κ3) is 1.76. The molecule has 0 aromatic heterocycles. The third-order valence-corrected chi connectivity index (χ3v) is 3.80. The van der Waals surface area contributed by atoms with Gasteiger partial charge in [0, 0.05) is 18.0 Å². The van der Waals surface area contributed by atoms with Gasteiger partial charge in [-0.3, -0.25) is 0 Å². The molecule has 1 aromatic carbocycles. The van der Waals surface area contributed by atoms with Crippen molar-refractivity contribution in [1.82, 2.24) is 5.32 Å². The lowest BCUT2D eigenvalue weighted by Crippen LogP contribution is -2.28. The van der Waals surface area contributed by atoms with Crippen molar-refractivity contribution in [3.63, 3.8) is 0 Å². The zero-order valence-corrected chi connectivity index (χ0v) is 9.77. The monoisotopic (exact) mass is 259 g/mol. The van der Waals surface area contributed by atoms with Crippen molar-refractivity contribution < 1.29 is 13.6 Å². The summed E-state index contributed by atoms with van der Waals surface area (Å²) in [7, 11) is 0. The van der Waals surface area contributed by atoms with E-state index in [1.165, 1.54) is 12.1 Å². The summed E-state index contributed by atoms with van der Waals surface area (Å²) in [6, 6.07) is 3.46. The van der Waals surface area contributed by atoms with Gasteiger partial charge in [0.15, 0.2) is 0 Å². The van der Waals surface area contributed by atoms with Crippen LogP contribution in [0.5, 0.6) is 0 Å². The molecule has 0 radical (unpaired) electrons. The molecular weight excluding hydrogens is 248 g/mol. The summed E-state index contributed by atoms with van der Waals surface area (Å²) in [5.41, 5.74) is 0.459. The second-order valence-corrected chi connectivity index (χ2v) is 4.67. The molecule has 2 aliphatic rings. The minimum Gasteiger partial charge on any atom is -0.307 e. The van der Waals surface area contributed by atoms with Crippen LogP contribution in [0.1, 0.15) is 12.0 Å². The molecule has 1 aliphatic carbocycles. The van der Waals surface area contributed by atoms with Gasteiger partial charge >= 0.3 is 0 Å². The van der Waals surface area contributed by atoms with Crippen LogP contribution in [0.3, 0.4) is 0 Å². The maximum atomic E-state index is 13.1. The van der Waals surface area contributed by atoms with E-state index in [2.05, 4.69) is 5.32 Å². The van der Waals surface area contributed by atoms with Crippen molar-refractivity contribution in [3.05, 3.63) is 35.4 Å². The number of carbonyl (C=O) groups is 1. The Balaban J connectivity index is 0.00000108. The maximum Gasteiger partial charge on any atom is 0.137 e. The normalized spacial score (nSPS) is 33.8. The number of nitrogens with one attached hydrogen (secondary N) is 1. The van der Waals surface area contributed by atoms with Gasteiger partial charge in [0.1, 0.15) is 17.9 Å². The van der Waals surface area contributed by atoms with Crippen molar-refractivity contribution in [1.29, 1.82) is 0 Å². The first-order valence-corrected chi connectivity index (χ1v) is 5.31. The molecule has 1 heterocycles. The van der Waals surface area contributed by atoms with Crippen LogP contribution in [0.4, 0.5) is 8.78 Å². The highest BCUT2D eigenvalue weighted by molar-refractivity contribution is 5.85. The molecule has 3 rings (SSSR count). The standard InChI is InChI=1S/C12H11F2NO.ClH/c13-8-1-7(2-9(14)3-8)12-4-10(12)11(5-16)15-6-12;/h1-3,5,10-11,15H,4,6H2;1H. The maximum absolute atomic E-state index is 13.1. The Morgan fingerprint density at radius 3 is 2.41 bits per heavy atom. The smallest absolute Gasteiger partial charge is 0.137 e. The van der Waals surface area contributed by atoms with Gasteiger partial charge in [-0.25, -0.2) is 8.78 Å². The number of hydrogen-bond donors (Lipinski definition) is 1. The first-order chi connectivity index (χ1) is 7.65. The van der Waals surface area contributed by atoms with Crippen LogP contribution in [-0.2, 0) is 10.2 Å². The Hall–Kier alpha value is -1.00. The number of carbonyl (C=O) groups excluding carboxylic acids is 1. The van der Waals surface area contributed by atoms with Crippen LogP contribution >= 0.6 is 12.4 Å². The van der Waals surface area contributed by atoms with Crippen molar-refractivity contribution >= 4 is 18.7 Å². The van der Waals surface area contributed by atoms with Crippen molar-refractivity contribution in [2.24, 2.45) is 5.92 Å². The second kappa shape index (κ2) is 4.03. The topological polar surface area (TPSA) is 29.1 Å². The van der Waals surface area contributed by atoms with Crippen LogP contribution in [0, 0.1) is 17.6 Å². The number of halogens is 3. The van der Waals surface area contributed by atoms with E-state index in [9.17, 15) is 13.6 Å². The Labute approximate surface area is 104 Å². The number of aldehydes is 1. The van der Waals surface area contributed by atoms with Gasteiger partial charge in [0.2, 0.25) is 0 Å². The average Bonchev–Trinajstić information content (AvgIpc) is 2.86. The fourth-order valence-corrected chi connectivity index (χ4v) is 2.87. The molecule has 3 atom stereocenters. The molecule has 1 saturated carbocycles. The highest BCUT2D eigenvalue weighted by atomic mass is 35.5. The summed E-state index contributed by atoms with van der Waals surface area (Å²) in [4.78, 5) is 10.7. The molecule has 3 unspecified atom stereocenters. The molecule has 5 heteroatoms. The van der Waals surface area contributed by atoms with E-state index in [1.807, 2.05) is 0 Å². The van der Waals surface area contributed by atoms with E-state index in [0.29, 0.717) is 12.1 Å².